The Morgan fingerprint density at radius 1 is 1.47 bits per heavy atom. The van der Waals surface area contributed by atoms with Crippen LogP contribution in [0.1, 0.15) is 12.5 Å². The van der Waals surface area contributed by atoms with E-state index in [2.05, 4.69) is 16.6 Å². The van der Waals surface area contributed by atoms with Gasteiger partial charge in [-0.25, -0.2) is 0 Å². The summed E-state index contributed by atoms with van der Waals surface area (Å²) in [6.07, 6.45) is 2.00. The molecule has 0 atom stereocenters. The van der Waals surface area contributed by atoms with E-state index in [9.17, 15) is 0 Å². The molecule has 0 amide bonds. The normalized spacial score (nSPS) is 12.2. The number of fused-ring (bicyclic) bond motifs is 1. The Morgan fingerprint density at radius 2 is 2.27 bits per heavy atom. The van der Waals surface area contributed by atoms with Crippen LogP contribution in [0.5, 0.6) is 0 Å². The van der Waals surface area contributed by atoms with Crippen LogP contribution in [-0.4, -0.2) is 15.6 Å². The first kappa shape index (κ1) is 9.58. The summed E-state index contributed by atoms with van der Waals surface area (Å²) in [5.74, 6) is 0.148. The average Bonchev–Trinajstić information content (AvgIpc) is 2.70. The maximum absolute atomic E-state index is 8.67. The van der Waals surface area contributed by atoms with Crippen LogP contribution in [0.15, 0.2) is 35.6 Å². The predicted octanol–water partition coefficient (Wildman–Crippen LogP) is 1.76. The number of aromatic nitrogens is 1. The fourth-order valence-electron chi connectivity index (χ4n) is 1.78. The lowest BCUT2D eigenvalue weighted by Gasteiger charge is -2.03. The van der Waals surface area contributed by atoms with Gasteiger partial charge in [-0.1, -0.05) is 17.3 Å². The molecule has 1 aromatic carbocycles. The van der Waals surface area contributed by atoms with Crippen molar-refractivity contribution in [3.63, 3.8) is 0 Å². The number of oxime groups is 1. The summed E-state index contributed by atoms with van der Waals surface area (Å²) in [5, 5.41) is 12.7. The van der Waals surface area contributed by atoms with Crippen LogP contribution in [0, 0.1) is 0 Å². The van der Waals surface area contributed by atoms with E-state index in [4.69, 9.17) is 10.9 Å². The number of hydrogen-bond donors (Lipinski definition) is 2. The average molecular weight is 203 g/mol. The maximum atomic E-state index is 8.67. The maximum Gasteiger partial charge on any atom is 0.170 e. The van der Waals surface area contributed by atoms with E-state index in [1.807, 2.05) is 30.5 Å². The van der Waals surface area contributed by atoms with Crippen molar-refractivity contribution in [2.24, 2.45) is 10.9 Å². The van der Waals surface area contributed by atoms with E-state index in [1.165, 1.54) is 0 Å². The van der Waals surface area contributed by atoms with Gasteiger partial charge in [-0.15, -0.1) is 0 Å². The highest BCUT2D eigenvalue weighted by Gasteiger charge is 2.07. The van der Waals surface area contributed by atoms with Crippen molar-refractivity contribution >= 4 is 16.7 Å². The van der Waals surface area contributed by atoms with Crippen molar-refractivity contribution in [1.82, 2.24) is 4.57 Å². The van der Waals surface area contributed by atoms with Crippen molar-refractivity contribution < 1.29 is 5.21 Å². The zero-order valence-corrected chi connectivity index (χ0v) is 8.51. The lowest BCUT2D eigenvalue weighted by Crippen LogP contribution is -2.13. The van der Waals surface area contributed by atoms with E-state index < -0.39 is 0 Å². The third kappa shape index (κ3) is 1.44. The van der Waals surface area contributed by atoms with Crippen LogP contribution in [-0.2, 0) is 6.54 Å². The second kappa shape index (κ2) is 3.65. The Hall–Kier alpha value is -1.97. The molecule has 0 fully saturated rings. The highest BCUT2D eigenvalue weighted by Crippen LogP contribution is 2.19. The van der Waals surface area contributed by atoms with Crippen molar-refractivity contribution in [2.75, 3.05) is 0 Å². The first-order valence-electron chi connectivity index (χ1n) is 4.83. The van der Waals surface area contributed by atoms with Crippen LogP contribution in [0.3, 0.4) is 0 Å². The van der Waals surface area contributed by atoms with Crippen molar-refractivity contribution in [3.8, 4) is 0 Å². The molecule has 4 heteroatoms. The summed E-state index contributed by atoms with van der Waals surface area (Å²) in [6.45, 7) is 2.98. The van der Waals surface area contributed by atoms with E-state index in [0.717, 1.165) is 23.0 Å². The molecule has 78 valence electrons. The highest BCUT2D eigenvalue weighted by atomic mass is 16.4. The van der Waals surface area contributed by atoms with Crippen LogP contribution in [0.4, 0.5) is 0 Å². The van der Waals surface area contributed by atoms with Gasteiger partial charge in [-0.2, -0.15) is 0 Å². The smallest absolute Gasteiger partial charge is 0.170 e. The zero-order chi connectivity index (χ0) is 10.8. The molecule has 1 heterocycles. The predicted molar refractivity (Wildman–Crippen MR) is 60.1 cm³/mol. The highest BCUT2D eigenvalue weighted by molar-refractivity contribution is 6.08. The van der Waals surface area contributed by atoms with Crippen molar-refractivity contribution in [2.45, 2.75) is 13.5 Å². The standard InChI is InChI=1S/C11H13N3O/c1-2-14-7-6-8-9(11(12)13-15)4-3-5-10(8)14/h3-7,15H,2H2,1H3,(H2,12,13). The molecule has 0 radical (unpaired) electrons. The van der Waals surface area contributed by atoms with Gasteiger partial charge in [0.25, 0.3) is 0 Å². The SMILES string of the molecule is CCn1ccc2c(/C(N)=N/O)cccc21. The van der Waals surface area contributed by atoms with Gasteiger partial charge >= 0.3 is 0 Å². The molecule has 0 aliphatic carbocycles. The monoisotopic (exact) mass is 203 g/mol. The second-order valence-corrected chi connectivity index (χ2v) is 3.33. The van der Waals surface area contributed by atoms with Crippen molar-refractivity contribution in [1.29, 1.82) is 0 Å². The Balaban J connectivity index is 2.72. The molecule has 0 unspecified atom stereocenters. The van der Waals surface area contributed by atoms with Gasteiger partial charge in [-0.3, -0.25) is 0 Å². The Bertz CT molecular complexity index is 514. The van der Waals surface area contributed by atoms with E-state index >= 15 is 0 Å². The number of aryl methyl sites for hydroxylation is 1. The topological polar surface area (TPSA) is 63.5 Å². The number of nitrogens with zero attached hydrogens (tertiary/aromatic N) is 2. The van der Waals surface area contributed by atoms with Gasteiger partial charge < -0.3 is 15.5 Å². The number of benzene rings is 1. The first-order valence-corrected chi connectivity index (χ1v) is 4.83. The molecular weight excluding hydrogens is 190 g/mol. The number of nitrogens with two attached hydrogens (primary N) is 1. The lowest BCUT2D eigenvalue weighted by atomic mass is 10.1. The molecule has 4 nitrogen and oxygen atoms in total. The van der Waals surface area contributed by atoms with Gasteiger partial charge in [0.15, 0.2) is 5.84 Å². The minimum absolute atomic E-state index is 0.148. The van der Waals surface area contributed by atoms with Gasteiger partial charge in [0.05, 0.1) is 0 Å². The minimum Gasteiger partial charge on any atom is -0.409 e. The largest absolute Gasteiger partial charge is 0.409 e. The molecule has 0 saturated heterocycles. The Morgan fingerprint density at radius 3 is 2.93 bits per heavy atom. The van der Waals surface area contributed by atoms with Crippen molar-refractivity contribution in [3.05, 3.63) is 36.0 Å². The summed E-state index contributed by atoms with van der Waals surface area (Å²) >= 11 is 0. The fraction of sp³-hybridized carbons (Fsp3) is 0.182. The quantitative estimate of drug-likeness (QED) is 0.338. The first-order chi connectivity index (χ1) is 7.27. The summed E-state index contributed by atoms with van der Waals surface area (Å²) in [6, 6.07) is 7.75. The number of hydrogen-bond acceptors (Lipinski definition) is 2. The van der Waals surface area contributed by atoms with Gasteiger partial charge in [0.1, 0.15) is 0 Å². The molecule has 2 rings (SSSR count). The Kier molecular flexibility index (Phi) is 2.33. The molecule has 2 aromatic rings. The summed E-state index contributed by atoms with van der Waals surface area (Å²) in [5.41, 5.74) is 7.47. The molecular formula is C11H13N3O. The second-order valence-electron chi connectivity index (χ2n) is 3.33. The van der Waals surface area contributed by atoms with Crippen LogP contribution in [0.25, 0.3) is 10.9 Å². The molecule has 15 heavy (non-hydrogen) atoms. The third-order valence-corrected chi connectivity index (χ3v) is 2.54. The van der Waals surface area contributed by atoms with Crippen LogP contribution in [0.2, 0.25) is 0 Å². The lowest BCUT2D eigenvalue weighted by molar-refractivity contribution is 0.318. The van der Waals surface area contributed by atoms with E-state index in [1.54, 1.807) is 0 Å². The van der Waals surface area contributed by atoms with Gasteiger partial charge in [-0.05, 0) is 19.1 Å². The summed E-state index contributed by atoms with van der Waals surface area (Å²) in [7, 11) is 0. The molecule has 0 spiro atoms. The fourth-order valence-corrected chi connectivity index (χ4v) is 1.78. The minimum atomic E-state index is 0.148. The summed E-state index contributed by atoms with van der Waals surface area (Å²) < 4.78 is 2.11. The number of rotatable bonds is 2. The number of amidine groups is 1. The molecule has 1 aromatic heterocycles. The molecule has 0 saturated carbocycles. The summed E-state index contributed by atoms with van der Waals surface area (Å²) in [4.78, 5) is 0. The molecule has 3 N–H and O–H groups in total. The third-order valence-electron chi connectivity index (χ3n) is 2.54. The molecule has 0 aliphatic heterocycles. The molecule has 0 aliphatic rings. The Labute approximate surface area is 87.6 Å². The van der Waals surface area contributed by atoms with E-state index in [0.29, 0.717) is 0 Å². The molecule has 0 bridgehead atoms. The van der Waals surface area contributed by atoms with Gasteiger partial charge in [0, 0.05) is 29.2 Å². The van der Waals surface area contributed by atoms with E-state index in [-0.39, 0.29) is 5.84 Å². The zero-order valence-electron chi connectivity index (χ0n) is 8.51. The van der Waals surface area contributed by atoms with Crippen LogP contribution < -0.4 is 5.73 Å². The van der Waals surface area contributed by atoms with Gasteiger partial charge in [0.2, 0.25) is 0 Å². The van der Waals surface area contributed by atoms with Crippen LogP contribution >= 0.6 is 0 Å².